The Hall–Kier alpha value is -2.75. The van der Waals surface area contributed by atoms with E-state index < -0.39 is 9.84 Å². The first-order valence-electron chi connectivity index (χ1n) is 14.7. The quantitative estimate of drug-likeness (QED) is 0.292. The number of hydrogen-bond acceptors (Lipinski definition) is 6. The van der Waals surface area contributed by atoms with E-state index >= 15 is 0 Å². The van der Waals surface area contributed by atoms with Crippen LogP contribution in [0.4, 0.5) is 0 Å². The summed E-state index contributed by atoms with van der Waals surface area (Å²) in [5.41, 5.74) is 7.37. The fourth-order valence-corrected chi connectivity index (χ4v) is 7.15. The van der Waals surface area contributed by atoms with Crippen molar-refractivity contribution in [2.75, 3.05) is 25.2 Å². The summed E-state index contributed by atoms with van der Waals surface area (Å²) >= 11 is 0. The maximum absolute atomic E-state index is 11.9. The van der Waals surface area contributed by atoms with Gasteiger partial charge in [-0.2, -0.15) is 0 Å². The van der Waals surface area contributed by atoms with Gasteiger partial charge in [0.15, 0.2) is 0 Å². The van der Waals surface area contributed by atoms with Gasteiger partial charge in [-0.15, -0.1) is 0 Å². The molecule has 6 rings (SSSR count). The molecule has 0 radical (unpaired) electrons. The van der Waals surface area contributed by atoms with Crippen LogP contribution in [0.1, 0.15) is 75.5 Å². The van der Waals surface area contributed by atoms with Crippen molar-refractivity contribution in [2.45, 2.75) is 82.8 Å². The summed E-state index contributed by atoms with van der Waals surface area (Å²) in [6, 6.07) is 9.48. The lowest BCUT2D eigenvalue weighted by Crippen LogP contribution is -2.44. The van der Waals surface area contributed by atoms with Crippen molar-refractivity contribution in [3.05, 3.63) is 47.9 Å². The summed E-state index contributed by atoms with van der Waals surface area (Å²) in [6.45, 7) is 6.55. The Morgan fingerprint density at radius 1 is 1.12 bits per heavy atom. The Morgan fingerprint density at radius 2 is 1.95 bits per heavy atom. The Kier molecular flexibility index (Phi) is 7.72. The zero-order valence-corrected chi connectivity index (χ0v) is 24.6. The van der Waals surface area contributed by atoms with Crippen LogP contribution in [0.25, 0.3) is 33.3 Å². The molecule has 0 bridgehead atoms. The molecule has 0 spiro atoms. The third kappa shape index (κ3) is 5.69. The molecule has 0 amide bonds. The summed E-state index contributed by atoms with van der Waals surface area (Å²) < 4.78 is 31.4. The number of ether oxygens (including phenoxy) is 1. The highest BCUT2D eigenvalue weighted by molar-refractivity contribution is 7.90. The lowest BCUT2D eigenvalue weighted by Gasteiger charge is -2.33. The van der Waals surface area contributed by atoms with Crippen LogP contribution in [0.5, 0.6) is 0 Å². The molecule has 1 atom stereocenters. The van der Waals surface area contributed by atoms with Crippen LogP contribution >= 0.6 is 0 Å². The van der Waals surface area contributed by atoms with Gasteiger partial charge >= 0.3 is 0 Å². The number of aromatic amines is 1. The maximum atomic E-state index is 11.9. The van der Waals surface area contributed by atoms with Crippen molar-refractivity contribution in [3.8, 4) is 11.3 Å². The van der Waals surface area contributed by atoms with Crippen LogP contribution in [0.3, 0.4) is 0 Å². The first-order chi connectivity index (χ1) is 19.3. The molecule has 4 aromatic rings. The van der Waals surface area contributed by atoms with Gasteiger partial charge in [0, 0.05) is 72.0 Å². The highest BCUT2D eigenvalue weighted by Gasteiger charge is 2.27. The summed E-state index contributed by atoms with van der Waals surface area (Å²) in [5, 5.41) is 4.86. The third-order valence-corrected chi connectivity index (χ3v) is 9.59. The molecular formula is C31H41N5O3S. The minimum atomic E-state index is -3.09. The van der Waals surface area contributed by atoms with Crippen molar-refractivity contribution >= 4 is 31.9 Å². The van der Waals surface area contributed by atoms with Crippen LogP contribution in [0.2, 0.25) is 0 Å². The zero-order chi connectivity index (χ0) is 27.9. The van der Waals surface area contributed by atoms with E-state index in [0.717, 1.165) is 65.8 Å². The molecule has 40 heavy (non-hydrogen) atoms. The molecule has 5 heterocycles. The lowest BCUT2D eigenvalue weighted by molar-refractivity contribution is 0.0639. The van der Waals surface area contributed by atoms with Gasteiger partial charge in [-0.25, -0.2) is 13.4 Å². The van der Waals surface area contributed by atoms with E-state index in [4.69, 9.17) is 9.72 Å². The first-order valence-corrected chi connectivity index (χ1v) is 16.8. The van der Waals surface area contributed by atoms with Crippen LogP contribution in [-0.2, 0) is 21.1 Å². The van der Waals surface area contributed by atoms with Gasteiger partial charge in [-0.1, -0.05) is 13.8 Å². The predicted molar refractivity (Wildman–Crippen MR) is 161 cm³/mol. The second-order valence-corrected chi connectivity index (χ2v) is 14.3. The predicted octanol–water partition coefficient (Wildman–Crippen LogP) is 5.54. The Bertz CT molecular complexity index is 1590. The summed E-state index contributed by atoms with van der Waals surface area (Å²) in [6.07, 6.45) is 12.1. The number of fused-ring (bicyclic) bond motifs is 2. The van der Waals surface area contributed by atoms with Gasteiger partial charge in [-0.3, -0.25) is 4.98 Å². The molecule has 1 saturated carbocycles. The zero-order valence-electron chi connectivity index (χ0n) is 23.8. The average Bonchev–Trinajstić information content (AvgIpc) is 3.51. The minimum Gasteiger partial charge on any atom is -0.380 e. The molecule has 8 nitrogen and oxygen atoms in total. The molecule has 9 heteroatoms. The average molecular weight is 564 g/mol. The van der Waals surface area contributed by atoms with E-state index in [1.807, 2.05) is 16.8 Å². The van der Waals surface area contributed by atoms with Gasteiger partial charge in [0.1, 0.15) is 15.5 Å². The maximum Gasteiger partial charge on any atom is 0.149 e. The number of aryl methyl sites for hydroxylation is 1. The van der Waals surface area contributed by atoms with Crippen molar-refractivity contribution in [1.29, 1.82) is 0 Å². The standard InChI is InChI=1S/C31H41N5O3S/c1-20(2)28-29(25-18-36(15-17-40(3,37)38)31-24(25)7-4-14-32-31)35-27-13-12-26(34-30(27)28)21-8-10-22(11-9-21)33-23-6-5-16-39-19-23/h4,7,12-14,18,20-23,33,35H,5-6,8-11,15-17,19H2,1-3H3. The molecule has 1 unspecified atom stereocenters. The Labute approximate surface area is 236 Å². The molecule has 1 aliphatic carbocycles. The van der Waals surface area contributed by atoms with Gasteiger partial charge in [0.05, 0.1) is 29.1 Å². The third-order valence-electron chi connectivity index (χ3n) is 8.66. The highest BCUT2D eigenvalue weighted by Crippen LogP contribution is 2.40. The second-order valence-electron chi connectivity index (χ2n) is 12.1. The Morgan fingerprint density at radius 3 is 2.67 bits per heavy atom. The molecule has 1 aliphatic heterocycles. The van der Waals surface area contributed by atoms with E-state index in [-0.39, 0.29) is 11.7 Å². The van der Waals surface area contributed by atoms with Gasteiger partial charge in [0.25, 0.3) is 0 Å². The molecule has 214 valence electrons. The second kappa shape index (κ2) is 11.3. The smallest absolute Gasteiger partial charge is 0.149 e. The van der Waals surface area contributed by atoms with E-state index in [1.165, 1.54) is 36.8 Å². The molecule has 2 aliphatic rings. The number of sulfone groups is 1. The van der Waals surface area contributed by atoms with Crippen LogP contribution < -0.4 is 5.32 Å². The molecule has 2 fully saturated rings. The first kappa shape index (κ1) is 27.4. The number of nitrogens with zero attached hydrogens (tertiary/aromatic N) is 3. The highest BCUT2D eigenvalue weighted by atomic mass is 32.2. The molecular weight excluding hydrogens is 522 g/mol. The van der Waals surface area contributed by atoms with Gasteiger partial charge in [0.2, 0.25) is 0 Å². The van der Waals surface area contributed by atoms with E-state index in [1.54, 1.807) is 6.20 Å². The number of aromatic nitrogens is 4. The molecule has 2 N–H and O–H groups in total. The molecule has 0 aromatic carbocycles. The van der Waals surface area contributed by atoms with E-state index in [2.05, 4.69) is 47.3 Å². The monoisotopic (exact) mass is 563 g/mol. The number of hydrogen-bond donors (Lipinski definition) is 2. The van der Waals surface area contributed by atoms with Crippen molar-refractivity contribution in [2.24, 2.45) is 0 Å². The fourth-order valence-electron chi connectivity index (χ4n) is 6.62. The number of pyridine rings is 2. The van der Waals surface area contributed by atoms with Crippen molar-refractivity contribution < 1.29 is 13.2 Å². The normalized spacial score (nSPS) is 22.4. The lowest BCUT2D eigenvalue weighted by atomic mass is 9.83. The summed E-state index contributed by atoms with van der Waals surface area (Å²) in [7, 11) is -3.09. The minimum absolute atomic E-state index is 0.0770. The van der Waals surface area contributed by atoms with E-state index in [0.29, 0.717) is 24.5 Å². The number of nitrogens with one attached hydrogen (secondary N) is 2. The fraction of sp³-hybridized carbons (Fsp3) is 0.548. The Balaban J connectivity index is 1.29. The SMILES string of the molecule is CC(C)c1c(-c2cn(CCS(C)(=O)=O)c3ncccc23)[nH]c2ccc(C3CCC(NC4CCCOC4)CC3)nc12. The number of rotatable bonds is 8. The topological polar surface area (TPSA) is 102 Å². The number of H-pyrrole nitrogens is 1. The largest absolute Gasteiger partial charge is 0.380 e. The van der Waals surface area contributed by atoms with Crippen LogP contribution in [0, 0.1) is 0 Å². The summed E-state index contributed by atoms with van der Waals surface area (Å²) in [4.78, 5) is 13.6. The van der Waals surface area contributed by atoms with Crippen molar-refractivity contribution in [3.63, 3.8) is 0 Å². The molecule has 1 saturated heterocycles. The van der Waals surface area contributed by atoms with Gasteiger partial charge < -0.3 is 19.6 Å². The molecule has 4 aromatic heterocycles. The van der Waals surface area contributed by atoms with Crippen LogP contribution in [0.15, 0.2) is 36.7 Å². The van der Waals surface area contributed by atoms with Crippen molar-refractivity contribution in [1.82, 2.24) is 24.8 Å². The van der Waals surface area contributed by atoms with E-state index in [9.17, 15) is 8.42 Å². The summed E-state index contributed by atoms with van der Waals surface area (Å²) in [5.74, 6) is 0.814. The van der Waals surface area contributed by atoms with Gasteiger partial charge in [-0.05, 0) is 68.7 Å². The van der Waals surface area contributed by atoms with Crippen LogP contribution in [-0.4, -0.2) is 65.2 Å².